The molecule has 0 unspecified atom stereocenters. The van der Waals surface area contributed by atoms with Crippen LogP contribution in [0.1, 0.15) is 6.92 Å². The van der Waals surface area contributed by atoms with Crippen LogP contribution >= 0.6 is 11.6 Å². The van der Waals surface area contributed by atoms with Crippen molar-refractivity contribution in [2.24, 2.45) is 0 Å². The fraction of sp³-hybridized carbons (Fsp3) is 0.0800. The van der Waals surface area contributed by atoms with Gasteiger partial charge in [0.2, 0.25) is 0 Å². The van der Waals surface area contributed by atoms with Crippen molar-refractivity contribution in [3.8, 4) is 22.4 Å². The first-order chi connectivity index (χ1) is 16.1. The average molecular weight is 457 g/mol. The van der Waals surface area contributed by atoms with Crippen LogP contribution in [0.3, 0.4) is 0 Å². The number of fused-ring (bicyclic) bond motifs is 1. The molecule has 33 heavy (non-hydrogen) atoms. The van der Waals surface area contributed by atoms with Gasteiger partial charge in [0.15, 0.2) is 0 Å². The lowest BCUT2D eigenvalue weighted by Crippen LogP contribution is -2.19. The van der Waals surface area contributed by atoms with Crippen LogP contribution in [-0.4, -0.2) is 25.8 Å². The molecule has 0 fully saturated rings. The monoisotopic (exact) mass is 456 g/mol. The van der Waals surface area contributed by atoms with Crippen molar-refractivity contribution in [2.45, 2.75) is 13.5 Å². The summed E-state index contributed by atoms with van der Waals surface area (Å²) < 4.78 is 1.92. The van der Waals surface area contributed by atoms with E-state index < -0.39 is 0 Å². The zero-order chi connectivity index (χ0) is 22.8. The topological polar surface area (TPSA) is 87.6 Å². The van der Waals surface area contributed by atoms with E-state index >= 15 is 0 Å². The van der Waals surface area contributed by atoms with Gasteiger partial charge in [-0.1, -0.05) is 29.8 Å². The summed E-state index contributed by atoms with van der Waals surface area (Å²) >= 11 is 5.97. The molecule has 7 nitrogen and oxygen atoms in total. The predicted molar refractivity (Wildman–Crippen MR) is 133 cm³/mol. The number of amides is 2. The molecule has 0 saturated carbocycles. The van der Waals surface area contributed by atoms with E-state index in [0.29, 0.717) is 16.4 Å². The minimum Gasteiger partial charge on any atom is -0.346 e. The minimum absolute atomic E-state index is 0.340. The van der Waals surface area contributed by atoms with E-state index in [4.69, 9.17) is 16.7 Å². The number of benzene rings is 2. The van der Waals surface area contributed by atoms with Gasteiger partial charge < -0.3 is 15.6 Å². The maximum atomic E-state index is 12.3. The first kappa shape index (κ1) is 20.8. The number of rotatable bonds is 5. The summed E-state index contributed by atoms with van der Waals surface area (Å²) in [6, 6.07) is 18.3. The molecule has 0 aliphatic carbocycles. The third-order valence-electron chi connectivity index (χ3n) is 5.33. The summed E-state index contributed by atoms with van der Waals surface area (Å²) in [5.74, 6) is 0. The largest absolute Gasteiger partial charge is 0.346 e. The maximum absolute atomic E-state index is 12.3. The highest BCUT2D eigenvalue weighted by atomic mass is 35.5. The Kier molecular flexibility index (Phi) is 5.54. The summed E-state index contributed by atoms with van der Waals surface area (Å²) in [5.41, 5.74) is 6.07. The first-order valence-corrected chi connectivity index (χ1v) is 10.9. The van der Waals surface area contributed by atoms with Gasteiger partial charge in [-0.25, -0.2) is 9.78 Å². The van der Waals surface area contributed by atoms with E-state index in [1.54, 1.807) is 30.5 Å². The van der Waals surface area contributed by atoms with Gasteiger partial charge in [-0.15, -0.1) is 0 Å². The summed E-state index contributed by atoms with van der Waals surface area (Å²) in [4.78, 5) is 19.9. The number of aromatic amines is 1. The minimum atomic E-state index is -0.340. The number of pyridine rings is 1. The fourth-order valence-corrected chi connectivity index (χ4v) is 3.95. The number of H-pyrrole nitrogens is 1. The summed E-state index contributed by atoms with van der Waals surface area (Å²) in [6.07, 6.45) is 5.74. The van der Waals surface area contributed by atoms with E-state index in [1.165, 1.54) is 0 Å². The Hall–Kier alpha value is -4.10. The number of hydrogen-bond donors (Lipinski definition) is 3. The molecular weight excluding hydrogens is 436 g/mol. The number of nitrogens with one attached hydrogen (secondary N) is 3. The molecule has 164 valence electrons. The molecule has 0 radical (unpaired) electrons. The van der Waals surface area contributed by atoms with Crippen LogP contribution in [0.4, 0.5) is 16.2 Å². The van der Waals surface area contributed by atoms with Crippen molar-refractivity contribution in [3.05, 3.63) is 84.3 Å². The van der Waals surface area contributed by atoms with E-state index in [9.17, 15) is 4.79 Å². The van der Waals surface area contributed by atoms with Crippen molar-refractivity contribution in [2.75, 3.05) is 10.6 Å². The Bertz CT molecular complexity index is 1440. The van der Waals surface area contributed by atoms with Crippen LogP contribution in [0.5, 0.6) is 0 Å². The van der Waals surface area contributed by atoms with Gasteiger partial charge in [-0.05, 0) is 55.0 Å². The molecule has 0 aliphatic heterocycles. The number of nitrogens with zero attached hydrogens (tertiary/aromatic N) is 3. The number of halogens is 1. The van der Waals surface area contributed by atoms with E-state index in [-0.39, 0.29) is 6.03 Å². The Balaban J connectivity index is 1.41. The van der Waals surface area contributed by atoms with Gasteiger partial charge in [0.05, 0.1) is 0 Å². The summed E-state index contributed by atoms with van der Waals surface area (Å²) in [7, 11) is 0. The Morgan fingerprint density at radius 3 is 2.64 bits per heavy atom. The number of urea groups is 1. The van der Waals surface area contributed by atoms with Crippen molar-refractivity contribution < 1.29 is 4.79 Å². The second-order valence-corrected chi connectivity index (χ2v) is 7.95. The lowest BCUT2D eigenvalue weighted by atomic mass is 10.0. The van der Waals surface area contributed by atoms with Crippen molar-refractivity contribution >= 4 is 40.0 Å². The molecule has 0 atom stereocenters. The molecular formula is C25H21ClN6O. The highest BCUT2D eigenvalue weighted by molar-refractivity contribution is 6.30. The molecule has 0 spiro atoms. The van der Waals surface area contributed by atoms with Gasteiger partial charge in [0.25, 0.3) is 0 Å². The van der Waals surface area contributed by atoms with E-state index in [2.05, 4.69) is 33.7 Å². The maximum Gasteiger partial charge on any atom is 0.323 e. The van der Waals surface area contributed by atoms with Crippen LogP contribution in [0.25, 0.3) is 33.4 Å². The Morgan fingerprint density at radius 1 is 1.03 bits per heavy atom. The molecule has 5 rings (SSSR count). The molecule has 5 aromatic rings. The Labute approximate surface area is 195 Å². The van der Waals surface area contributed by atoms with Crippen molar-refractivity contribution in [3.63, 3.8) is 0 Å². The molecule has 3 heterocycles. The molecule has 3 N–H and O–H groups in total. The number of aryl methyl sites for hydroxylation is 1. The predicted octanol–water partition coefficient (Wildman–Crippen LogP) is 6.41. The molecule has 2 aromatic carbocycles. The highest BCUT2D eigenvalue weighted by Crippen LogP contribution is 2.35. The van der Waals surface area contributed by atoms with E-state index in [0.717, 1.165) is 40.0 Å². The number of anilines is 2. The zero-order valence-electron chi connectivity index (χ0n) is 17.8. The van der Waals surface area contributed by atoms with Gasteiger partial charge in [-0.3, -0.25) is 4.68 Å². The van der Waals surface area contributed by atoms with Crippen molar-refractivity contribution in [1.82, 2.24) is 19.7 Å². The molecule has 2 amide bonds. The van der Waals surface area contributed by atoms with Crippen LogP contribution in [0, 0.1) is 0 Å². The second kappa shape index (κ2) is 8.80. The molecule has 0 bridgehead atoms. The normalized spacial score (nSPS) is 11.0. The number of hydrogen-bond acceptors (Lipinski definition) is 3. The molecule has 8 heteroatoms. The number of carbonyl (C=O) groups excluding carboxylic acids is 1. The summed E-state index contributed by atoms with van der Waals surface area (Å²) in [6.45, 7) is 2.82. The van der Waals surface area contributed by atoms with Gasteiger partial charge in [-0.2, -0.15) is 5.10 Å². The standard InChI is InChI=1S/C25H21ClN6O/c1-2-32-15-22(20-10-12-27-24-21(20)11-13-28-24)23(31-32)16-6-8-18(9-7-16)29-25(33)30-19-5-3-4-17(26)14-19/h3-15H,2H2,1H3,(H,27,28)(H2,29,30,33). The van der Waals surface area contributed by atoms with Crippen LogP contribution in [-0.2, 0) is 6.54 Å². The average Bonchev–Trinajstić information content (AvgIpc) is 3.46. The summed E-state index contributed by atoms with van der Waals surface area (Å²) in [5, 5.41) is 12.0. The number of carbonyl (C=O) groups is 1. The lowest BCUT2D eigenvalue weighted by Gasteiger charge is -2.09. The third kappa shape index (κ3) is 4.31. The second-order valence-electron chi connectivity index (χ2n) is 7.51. The fourth-order valence-electron chi connectivity index (χ4n) is 3.76. The van der Waals surface area contributed by atoms with E-state index in [1.807, 2.05) is 47.3 Å². The lowest BCUT2D eigenvalue weighted by molar-refractivity contribution is 0.262. The molecule has 0 aliphatic rings. The van der Waals surface area contributed by atoms with Crippen LogP contribution < -0.4 is 10.6 Å². The van der Waals surface area contributed by atoms with Gasteiger partial charge >= 0.3 is 6.03 Å². The molecule has 3 aromatic heterocycles. The van der Waals surface area contributed by atoms with Crippen molar-refractivity contribution in [1.29, 1.82) is 0 Å². The highest BCUT2D eigenvalue weighted by Gasteiger charge is 2.16. The van der Waals surface area contributed by atoms with Crippen LogP contribution in [0.2, 0.25) is 5.02 Å². The quantitative estimate of drug-likeness (QED) is 0.285. The SMILES string of the molecule is CCn1cc(-c2ccnc3[nH]ccc23)c(-c2ccc(NC(=O)Nc3cccc(Cl)c3)cc2)n1. The van der Waals surface area contributed by atoms with Crippen LogP contribution in [0.15, 0.2) is 79.3 Å². The Morgan fingerprint density at radius 2 is 1.85 bits per heavy atom. The third-order valence-corrected chi connectivity index (χ3v) is 5.57. The van der Waals surface area contributed by atoms with Gasteiger partial charge in [0, 0.05) is 58.0 Å². The first-order valence-electron chi connectivity index (χ1n) is 10.5. The zero-order valence-corrected chi connectivity index (χ0v) is 18.6. The number of aromatic nitrogens is 4. The molecule has 0 saturated heterocycles. The van der Waals surface area contributed by atoms with Gasteiger partial charge in [0.1, 0.15) is 11.3 Å². The smallest absolute Gasteiger partial charge is 0.323 e.